The first kappa shape index (κ1) is 26.8. The Morgan fingerprint density at radius 3 is 2.63 bits per heavy atom. The van der Waals surface area contributed by atoms with Gasteiger partial charge in [-0.1, -0.05) is 29.8 Å². The van der Waals surface area contributed by atoms with E-state index in [9.17, 15) is 14.7 Å². The molecule has 0 spiro atoms. The molecule has 8 heteroatoms. The number of nitrogens with zero attached hydrogens (tertiary/aromatic N) is 1. The standard InChI is InChI=1S/C27H34ClNO6/c1-5-33-25(31)17-34-23-12-10-18-9-11-22(14-20(18)15-23)29(26(32)35-27(2,3)4)16-24(30)19-7-6-8-21(28)13-19/h6-8,10,12-13,15,22,24,30H,5,9,11,14,16-17H2,1-4H3/t22-,24-/m0/s1. The third-order valence-electron chi connectivity index (χ3n) is 5.71. The van der Waals surface area contributed by atoms with Crippen LogP contribution in [-0.2, 0) is 27.1 Å². The summed E-state index contributed by atoms with van der Waals surface area (Å²) >= 11 is 6.10. The molecule has 35 heavy (non-hydrogen) atoms. The molecule has 2 aromatic rings. The van der Waals surface area contributed by atoms with Crippen molar-refractivity contribution in [3.8, 4) is 5.75 Å². The van der Waals surface area contributed by atoms with Gasteiger partial charge in [0.25, 0.3) is 0 Å². The summed E-state index contributed by atoms with van der Waals surface area (Å²) in [5, 5.41) is 11.4. The molecule has 0 heterocycles. The molecule has 0 saturated heterocycles. The highest BCUT2D eigenvalue weighted by Crippen LogP contribution is 2.30. The molecule has 0 unspecified atom stereocenters. The van der Waals surface area contributed by atoms with Gasteiger partial charge in [-0.05, 0) is 87.9 Å². The van der Waals surface area contributed by atoms with E-state index < -0.39 is 23.8 Å². The van der Waals surface area contributed by atoms with E-state index in [1.54, 1.807) is 36.1 Å². The summed E-state index contributed by atoms with van der Waals surface area (Å²) in [6.45, 7) is 7.42. The van der Waals surface area contributed by atoms with Crippen molar-refractivity contribution >= 4 is 23.7 Å². The molecule has 7 nitrogen and oxygen atoms in total. The van der Waals surface area contributed by atoms with Crippen molar-refractivity contribution in [2.75, 3.05) is 19.8 Å². The zero-order valence-electron chi connectivity index (χ0n) is 20.8. The van der Waals surface area contributed by atoms with E-state index in [1.807, 2.05) is 39.0 Å². The van der Waals surface area contributed by atoms with Crippen molar-refractivity contribution in [1.82, 2.24) is 4.90 Å². The van der Waals surface area contributed by atoms with Crippen LogP contribution in [0.5, 0.6) is 5.75 Å². The Kier molecular flexibility index (Phi) is 9.03. The third kappa shape index (κ3) is 7.87. The normalized spacial score (nSPS) is 16.1. The molecule has 0 saturated carbocycles. The molecule has 0 aliphatic heterocycles. The van der Waals surface area contributed by atoms with Crippen LogP contribution in [-0.4, -0.2) is 53.5 Å². The van der Waals surface area contributed by atoms with Crippen LogP contribution in [0.1, 0.15) is 56.9 Å². The number of ether oxygens (including phenoxy) is 3. The summed E-state index contributed by atoms with van der Waals surface area (Å²) in [5.41, 5.74) is 2.17. The Labute approximate surface area is 211 Å². The van der Waals surface area contributed by atoms with Gasteiger partial charge >= 0.3 is 12.1 Å². The quantitative estimate of drug-likeness (QED) is 0.504. The van der Waals surface area contributed by atoms with Crippen LogP contribution in [0.2, 0.25) is 5.02 Å². The number of amides is 1. The number of fused-ring (bicyclic) bond motifs is 1. The number of hydrogen-bond donors (Lipinski definition) is 1. The largest absolute Gasteiger partial charge is 0.482 e. The van der Waals surface area contributed by atoms with Crippen molar-refractivity contribution < 1.29 is 28.9 Å². The Morgan fingerprint density at radius 1 is 1.17 bits per heavy atom. The third-order valence-corrected chi connectivity index (χ3v) is 5.95. The molecule has 1 amide bonds. The van der Waals surface area contributed by atoms with Crippen molar-refractivity contribution in [2.45, 2.75) is 64.7 Å². The van der Waals surface area contributed by atoms with Crippen LogP contribution in [0.15, 0.2) is 42.5 Å². The number of aliphatic hydroxyl groups is 1. The number of halogens is 1. The zero-order valence-corrected chi connectivity index (χ0v) is 21.5. The van der Waals surface area contributed by atoms with Crippen molar-refractivity contribution in [3.63, 3.8) is 0 Å². The lowest BCUT2D eigenvalue weighted by atomic mass is 9.87. The summed E-state index contributed by atoms with van der Waals surface area (Å²) in [4.78, 5) is 26.5. The average Bonchev–Trinajstić information content (AvgIpc) is 2.79. The number of benzene rings is 2. The minimum absolute atomic E-state index is 0.0777. The highest BCUT2D eigenvalue weighted by Gasteiger charge is 2.33. The van der Waals surface area contributed by atoms with E-state index in [0.29, 0.717) is 29.4 Å². The van der Waals surface area contributed by atoms with Crippen molar-refractivity contribution in [3.05, 3.63) is 64.2 Å². The lowest BCUT2D eigenvalue weighted by Crippen LogP contribution is -2.47. The van der Waals surface area contributed by atoms with Gasteiger partial charge in [-0.15, -0.1) is 0 Å². The van der Waals surface area contributed by atoms with E-state index in [1.165, 1.54) is 5.56 Å². The molecule has 1 aliphatic rings. The lowest BCUT2D eigenvalue weighted by molar-refractivity contribution is -0.145. The van der Waals surface area contributed by atoms with E-state index in [-0.39, 0.29) is 19.2 Å². The molecule has 190 valence electrons. The molecule has 2 atom stereocenters. The maximum atomic E-state index is 13.2. The van der Waals surface area contributed by atoms with Crippen molar-refractivity contribution in [1.29, 1.82) is 0 Å². The molecular formula is C27H34ClNO6. The average molecular weight is 504 g/mol. The van der Waals surface area contributed by atoms with Crippen LogP contribution in [0.25, 0.3) is 0 Å². The fraction of sp³-hybridized carbons (Fsp3) is 0.481. The molecular weight excluding hydrogens is 470 g/mol. The van der Waals surface area contributed by atoms with Crippen LogP contribution in [0, 0.1) is 0 Å². The van der Waals surface area contributed by atoms with Gasteiger partial charge in [-0.2, -0.15) is 0 Å². The van der Waals surface area contributed by atoms with Gasteiger partial charge in [0, 0.05) is 11.1 Å². The topological polar surface area (TPSA) is 85.3 Å². The number of esters is 1. The number of hydrogen-bond acceptors (Lipinski definition) is 6. The van der Waals surface area contributed by atoms with Gasteiger partial charge < -0.3 is 24.2 Å². The van der Waals surface area contributed by atoms with E-state index >= 15 is 0 Å². The van der Waals surface area contributed by atoms with Gasteiger partial charge in [-0.25, -0.2) is 9.59 Å². The second kappa shape index (κ2) is 11.8. The lowest BCUT2D eigenvalue weighted by Gasteiger charge is -2.37. The van der Waals surface area contributed by atoms with Gasteiger partial charge in [-0.3, -0.25) is 0 Å². The predicted octanol–water partition coefficient (Wildman–Crippen LogP) is 5.11. The summed E-state index contributed by atoms with van der Waals surface area (Å²) in [5.74, 6) is 0.148. The van der Waals surface area contributed by atoms with Gasteiger partial charge in [0.05, 0.1) is 19.3 Å². The minimum atomic E-state index is -0.915. The molecule has 0 bridgehead atoms. The SMILES string of the molecule is CCOC(=O)COc1ccc2c(c1)C[C@@H](N(C[C@H](O)c1cccc(Cl)c1)C(=O)OC(C)(C)C)CC2. The van der Waals surface area contributed by atoms with Gasteiger partial charge in [0.15, 0.2) is 6.61 Å². The predicted molar refractivity (Wildman–Crippen MR) is 134 cm³/mol. The second-order valence-electron chi connectivity index (χ2n) is 9.62. The molecule has 1 aliphatic carbocycles. The number of carbonyl (C=O) groups excluding carboxylic acids is 2. The van der Waals surface area contributed by atoms with Gasteiger partial charge in [0.1, 0.15) is 11.4 Å². The highest BCUT2D eigenvalue weighted by atomic mass is 35.5. The number of aryl methyl sites for hydroxylation is 1. The minimum Gasteiger partial charge on any atom is -0.482 e. The van der Waals surface area contributed by atoms with E-state index in [2.05, 4.69) is 0 Å². The maximum Gasteiger partial charge on any atom is 0.410 e. The summed E-state index contributed by atoms with van der Waals surface area (Å²) in [6.07, 6.45) is 0.694. The smallest absolute Gasteiger partial charge is 0.410 e. The Morgan fingerprint density at radius 2 is 1.94 bits per heavy atom. The van der Waals surface area contributed by atoms with Crippen LogP contribution >= 0.6 is 11.6 Å². The van der Waals surface area contributed by atoms with Crippen LogP contribution in [0.3, 0.4) is 0 Å². The summed E-state index contributed by atoms with van der Waals surface area (Å²) in [7, 11) is 0. The first-order valence-electron chi connectivity index (χ1n) is 11.9. The molecule has 0 radical (unpaired) electrons. The van der Waals surface area contributed by atoms with Crippen LogP contribution < -0.4 is 4.74 Å². The number of aliphatic hydroxyl groups excluding tert-OH is 1. The van der Waals surface area contributed by atoms with Crippen molar-refractivity contribution in [2.24, 2.45) is 0 Å². The summed E-state index contributed by atoms with van der Waals surface area (Å²) < 4.78 is 16.2. The summed E-state index contributed by atoms with van der Waals surface area (Å²) in [6, 6.07) is 12.6. The fourth-order valence-corrected chi connectivity index (χ4v) is 4.31. The highest BCUT2D eigenvalue weighted by molar-refractivity contribution is 6.30. The number of rotatable bonds is 8. The molecule has 0 aromatic heterocycles. The monoisotopic (exact) mass is 503 g/mol. The first-order valence-corrected chi connectivity index (χ1v) is 12.3. The first-order chi connectivity index (χ1) is 16.6. The number of carbonyl (C=O) groups is 2. The maximum absolute atomic E-state index is 13.2. The molecule has 3 rings (SSSR count). The van der Waals surface area contributed by atoms with Crippen LogP contribution in [0.4, 0.5) is 4.79 Å². The molecule has 2 aromatic carbocycles. The Bertz CT molecular complexity index is 1030. The second-order valence-corrected chi connectivity index (χ2v) is 10.1. The zero-order chi connectivity index (χ0) is 25.6. The Hall–Kier alpha value is -2.77. The molecule has 1 N–H and O–H groups in total. The van der Waals surface area contributed by atoms with E-state index in [4.69, 9.17) is 25.8 Å². The van der Waals surface area contributed by atoms with Gasteiger partial charge in [0.2, 0.25) is 0 Å². The molecule has 0 fully saturated rings. The fourth-order valence-electron chi connectivity index (χ4n) is 4.11. The van der Waals surface area contributed by atoms with E-state index in [0.717, 1.165) is 18.4 Å². The Balaban J connectivity index is 1.78.